The molecule has 0 spiro atoms. The van der Waals surface area contributed by atoms with E-state index in [1.165, 1.54) is 12.1 Å². The molecule has 1 amide bonds. The maximum atomic E-state index is 13.1. The summed E-state index contributed by atoms with van der Waals surface area (Å²) in [5.74, 6) is -0.157. The average molecular weight is 347 g/mol. The van der Waals surface area contributed by atoms with Crippen LogP contribution in [0.5, 0.6) is 11.5 Å². The van der Waals surface area contributed by atoms with Crippen molar-refractivity contribution < 1.29 is 28.2 Å². The maximum absolute atomic E-state index is 13.1. The lowest BCUT2D eigenvalue weighted by Crippen LogP contribution is -2.29. The number of aliphatic hydroxyl groups excluding tert-OH is 1. The highest BCUT2D eigenvalue weighted by Gasteiger charge is 2.43. The van der Waals surface area contributed by atoms with Gasteiger partial charge in [0.2, 0.25) is 0 Å². The molecular formula is C18H15F2NO4. The number of nitrogens with zero attached hydrogens (tertiary/aromatic N) is 1. The summed E-state index contributed by atoms with van der Waals surface area (Å²) in [6.45, 7) is 0.884. The van der Waals surface area contributed by atoms with Crippen LogP contribution in [0.4, 0.5) is 8.78 Å². The Morgan fingerprint density at radius 1 is 1.08 bits per heavy atom. The molecule has 0 unspecified atom stereocenters. The minimum Gasteiger partial charge on any atom is -0.395 e. The van der Waals surface area contributed by atoms with Crippen molar-refractivity contribution in [3.8, 4) is 22.6 Å². The number of alkyl halides is 2. The third-order valence-corrected chi connectivity index (χ3v) is 4.32. The van der Waals surface area contributed by atoms with Crippen molar-refractivity contribution in [1.29, 1.82) is 0 Å². The van der Waals surface area contributed by atoms with Crippen LogP contribution in [0.15, 0.2) is 42.5 Å². The van der Waals surface area contributed by atoms with Crippen molar-refractivity contribution in [2.75, 3.05) is 13.1 Å². The van der Waals surface area contributed by atoms with Crippen LogP contribution >= 0.6 is 0 Å². The molecule has 2 aliphatic rings. The minimum absolute atomic E-state index is 0.00635. The third kappa shape index (κ3) is 3.02. The van der Waals surface area contributed by atoms with Crippen molar-refractivity contribution >= 4 is 5.91 Å². The van der Waals surface area contributed by atoms with Crippen molar-refractivity contribution in [3.05, 3.63) is 48.0 Å². The first-order valence-corrected chi connectivity index (χ1v) is 7.89. The van der Waals surface area contributed by atoms with Crippen LogP contribution in [0.3, 0.4) is 0 Å². The predicted molar refractivity (Wildman–Crippen MR) is 84.6 cm³/mol. The van der Waals surface area contributed by atoms with Gasteiger partial charge in [0.1, 0.15) is 0 Å². The smallest absolute Gasteiger partial charge is 0.395 e. The number of hydrogen-bond donors (Lipinski definition) is 1. The monoisotopic (exact) mass is 347 g/mol. The molecule has 25 heavy (non-hydrogen) atoms. The molecule has 1 atom stereocenters. The van der Waals surface area contributed by atoms with Gasteiger partial charge in [-0.15, -0.1) is 8.78 Å². The molecule has 0 aliphatic carbocycles. The van der Waals surface area contributed by atoms with Gasteiger partial charge < -0.3 is 19.5 Å². The third-order valence-electron chi connectivity index (χ3n) is 4.32. The number of carbonyl (C=O) groups excluding carboxylic acids is 1. The lowest BCUT2D eigenvalue weighted by atomic mass is 10.0. The van der Waals surface area contributed by atoms with Crippen molar-refractivity contribution in [2.24, 2.45) is 0 Å². The highest BCUT2D eigenvalue weighted by Crippen LogP contribution is 2.42. The molecule has 2 aromatic carbocycles. The average Bonchev–Trinajstić information content (AvgIpc) is 3.15. The molecule has 0 aromatic heterocycles. The van der Waals surface area contributed by atoms with Gasteiger partial charge in [-0.25, -0.2) is 0 Å². The fraction of sp³-hybridized carbons (Fsp3) is 0.278. The summed E-state index contributed by atoms with van der Waals surface area (Å²) in [4.78, 5) is 14.0. The number of likely N-dealkylation sites (tertiary alicyclic amines) is 1. The van der Waals surface area contributed by atoms with Crippen LogP contribution < -0.4 is 9.47 Å². The van der Waals surface area contributed by atoms with Gasteiger partial charge in [-0.2, -0.15) is 0 Å². The van der Waals surface area contributed by atoms with E-state index in [1.54, 1.807) is 35.2 Å². The van der Waals surface area contributed by atoms with Gasteiger partial charge in [-0.3, -0.25) is 4.79 Å². The molecule has 0 saturated carbocycles. The maximum Gasteiger partial charge on any atom is 0.586 e. The van der Waals surface area contributed by atoms with Crippen molar-refractivity contribution in [1.82, 2.24) is 4.90 Å². The van der Waals surface area contributed by atoms with E-state index in [9.17, 15) is 18.7 Å². The molecule has 130 valence electrons. The first-order chi connectivity index (χ1) is 11.9. The lowest BCUT2D eigenvalue weighted by molar-refractivity contribution is -0.286. The zero-order chi connectivity index (χ0) is 17.6. The van der Waals surface area contributed by atoms with E-state index in [4.69, 9.17) is 0 Å². The number of rotatable bonds is 2. The summed E-state index contributed by atoms with van der Waals surface area (Å²) >= 11 is 0. The zero-order valence-electron chi connectivity index (χ0n) is 13.1. The highest BCUT2D eigenvalue weighted by molar-refractivity contribution is 5.95. The van der Waals surface area contributed by atoms with E-state index in [1.807, 2.05) is 0 Å². The quantitative estimate of drug-likeness (QED) is 0.908. The Balaban J connectivity index is 1.54. The Hall–Kier alpha value is -2.67. The molecule has 0 radical (unpaired) electrons. The van der Waals surface area contributed by atoms with Crippen LogP contribution in [0.25, 0.3) is 11.1 Å². The van der Waals surface area contributed by atoms with Gasteiger partial charge in [-0.1, -0.05) is 18.2 Å². The first-order valence-electron chi connectivity index (χ1n) is 7.89. The van der Waals surface area contributed by atoms with E-state index in [-0.39, 0.29) is 17.4 Å². The Kier molecular flexibility index (Phi) is 3.61. The Bertz CT molecular complexity index is 822. The van der Waals surface area contributed by atoms with E-state index < -0.39 is 12.4 Å². The Morgan fingerprint density at radius 3 is 2.44 bits per heavy atom. The summed E-state index contributed by atoms with van der Waals surface area (Å²) < 4.78 is 35.0. The van der Waals surface area contributed by atoms with E-state index in [0.717, 1.165) is 5.56 Å². The summed E-state index contributed by atoms with van der Waals surface area (Å²) in [5, 5.41) is 9.53. The first kappa shape index (κ1) is 15.8. The second kappa shape index (κ2) is 5.70. The molecule has 1 saturated heterocycles. The van der Waals surface area contributed by atoms with Crippen LogP contribution in [-0.2, 0) is 0 Å². The van der Waals surface area contributed by atoms with Gasteiger partial charge in [0, 0.05) is 18.7 Å². The molecule has 5 nitrogen and oxygen atoms in total. The number of hydrogen-bond acceptors (Lipinski definition) is 4. The lowest BCUT2D eigenvalue weighted by Gasteiger charge is -2.15. The van der Waals surface area contributed by atoms with Gasteiger partial charge in [0.05, 0.1) is 6.10 Å². The summed E-state index contributed by atoms with van der Waals surface area (Å²) in [6, 6.07) is 11.4. The number of halogens is 2. The fourth-order valence-corrected chi connectivity index (χ4v) is 3.04. The Labute approximate surface area is 142 Å². The van der Waals surface area contributed by atoms with Crippen molar-refractivity contribution in [2.45, 2.75) is 18.8 Å². The second-order valence-corrected chi connectivity index (χ2v) is 6.10. The number of aliphatic hydroxyl groups is 1. The SMILES string of the molecule is O=C(c1ccc(-c2ccc3c(c2)OC(F)(F)O3)cc1)N1CC[C@@H](O)C1. The number of amides is 1. The number of carbonyl (C=O) groups is 1. The molecule has 2 heterocycles. The number of fused-ring (bicyclic) bond motifs is 1. The predicted octanol–water partition coefficient (Wildman–Crippen LogP) is 2.88. The molecule has 0 bridgehead atoms. The van der Waals surface area contributed by atoms with Crippen LogP contribution in [0.1, 0.15) is 16.8 Å². The largest absolute Gasteiger partial charge is 0.586 e. The molecule has 2 aromatic rings. The summed E-state index contributed by atoms with van der Waals surface area (Å²) in [5.41, 5.74) is 1.96. The highest BCUT2D eigenvalue weighted by atomic mass is 19.3. The van der Waals surface area contributed by atoms with Gasteiger partial charge in [0.25, 0.3) is 5.91 Å². The van der Waals surface area contributed by atoms with Gasteiger partial charge in [-0.05, 0) is 41.8 Å². The molecule has 4 rings (SSSR count). The molecule has 2 aliphatic heterocycles. The van der Waals surface area contributed by atoms with Gasteiger partial charge in [0.15, 0.2) is 11.5 Å². The van der Waals surface area contributed by atoms with E-state index in [2.05, 4.69) is 9.47 Å². The Morgan fingerprint density at radius 2 is 1.76 bits per heavy atom. The normalized spacial score (nSPS) is 20.8. The summed E-state index contributed by atoms with van der Waals surface area (Å²) in [6.07, 6.45) is -3.52. The summed E-state index contributed by atoms with van der Waals surface area (Å²) in [7, 11) is 0. The molecule has 7 heteroatoms. The van der Waals surface area contributed by atoms with Crippen LogP contribution in [0, 0.1) is 0 Å². The number of β-amino-alcohol motifs (C(OH)–C–C–N with tert-alkyl or cyclic N) is 1. The minimum atomic E-state index is -3.64. The van der Waals surface area contributed by atoms with Crippen molar-refractivity contribution in [3.63, 3.8) is 0 Å². The van der Waals surface area contributed by atoms with E-state index in [0.29, 0.717) is 30.6 Å². The zero-order valence-corrected chi connectivity index (χ0v) is 13.1. The van der Waals surface area contributed by atoms with Gasteiger partial charge >= 0.3 is 6.29 Å². The standard InChI is InChI=1S/C18H15F2NO4/c19-18(20)24-15-6-5-13(9-16(15)25-18)11-1-3-12(4-2-11)17(23)21-8-7-14(22)10-21/h1-6,9,14,22H,7-8,10H2/t14-/m1/s1. The van der Waals surface area contributed by atoms with E-state index >= 15 is 0 Å². The van der Waals surface area contributed by atoms with Crippen LogP contribution in [0.2, 0.25) is 0 Å². The number of ether oxygens (including phenoxy) is 2. The molecule has 1 fully saturated rings. The molecular weight excluding hydrogens is 332 g/mol. The topological polar surface area (TPSA) is 59.0 Å². The van der Waals surface area contributed by atoms with Crippen LogP contribution in [-0.4, -0.2) is 41.4 Å². The molecule has 1 N–H and O–H groups in total. The fourth-order valence-electron chi connectivity index (χ4n) is 3.04. The number of benzene rings is 2. The second-order valence-electron chi connectivity index (χ2n) is 6.10.